The Morgan fingerprint density at radius 1 is 1.06 bits per heavy atom. The Morgan fingerprint density at radius 3 is 2.31 bits per heavy atom. The highest BCUT2D eigenvalue weighted by Gasteiger charge is 2.40. The summed E-state index contributed by atoms with van der Waals surface area (Å²) in [6.07, 6.45) is 3.37. The molecule has 1 N–H and O–H groups in total. The SMILES string of the molecule is CCC1(CC)C[C@@H](NC(=O)C2CCN(S(=O)(=O)Cc3c(Cl)cccc3Cl)CC2)c2ccccc2O1. The minimum Gasteiger partial charge on any atom is -0.487 e. The first-order valence-corrected chi connectivity index (χ1v) is 14.5. The molecule has 1 atom stereocenters. The van der Waals surface area contributed by atoms with E-state index in [0.717, 1.165) is 24.2 Å². The molecule has 6 nitrogen and oxygen atoms in total. The van der Waals surface area contributed by atoms with Crippen molar-refractivity contribution in [2.45, 2.75) is 63.3 Å². The monoisotopic (exact) mass is 538 g/mol. The Bertz CT molecular complexity index is 1160. The second kappa shape index (κ2) is 10.7. The second-order valence-electron chi connectivity index (χ2n) is 9.43. The van der Waals surface area contributed by atoms with Gasteiger partial charge in [0.25, 0.3) is 0 Å². The molecule has 0 unspecified atom stereocenters. The average molecular weight is 540 g/mol. The minimum atomic E-state index is -3.60. The number of para-hydroxylation sites is 1. The van der Waals surface area contributed by atoms with Gasteiger partial charge in [0.1, 0.15) is 11.4 Å². The van der Waals surface area contributed by atoms with E-state index in [4.69, 9.17) is 27.9 Å². The molecule has 0 radical (unpaired) electrons. The Hall–Kier alpha value is -1.80. The van der Waals surface area contributed by atoms with Gasteiger partial charge in [-0.25, -0.2) is 12.7 Å². The van der Waals surface area contributed by atoms with Gasteiger partial charge in [-0.1, -0.05) is 61.3 Å². The number of amides is 1. The maximum atomic E-state index is 13.2. The van der Waals surface area contributed by atoms with E-state index in [1.165, 1.54) is 4.31 Å². The van der Waals surface area contributed by atoms with Crippen LogP contribution in [0.25, 0.3) is 0 Å². The topological polar surface area (TPSA) is 75.7 Å². The molecule has 0 aliphatic carbocycles. The predicted molar refractivity (Wildman–Crippen MR) is 139 cm³/mol. The van der Waals surface area contributed by atoms with Gasteiger partial charge in [0, 0.05) is 46.6 Å². The smallest absolute Gasteiger partial charge is 0.223 e. The number of nitrogens with one attached hydrogen (secondary N) is 1. The molecule has 1 amide bonds. The minimum absolute atomic E-state index is 0.0287. The van der Waals surface area contributed by atoms with Crippen LogP contribution < -0.4 is 10.1 Å². The van der Waals surface area contributed by atoms with Crippen LogP contribution in [0.2, 0.25) is 10.0 Å². The van der Waals surface area contributed by atoms with Crippen LogP contribution in [0, 0.1) is 5.92 Å². The Kier molecular flexibility index (Phi) is 8.01. The quantitative estimate of drug-likeness (QED) is 0.488. The summed E-state index contributed by atoms with van der Waals surface area (Å²) in [6.45, 7) is 4.81. The number of carbonyl (C=O) groups is 1. The normalized spacial score (nSPS) is 20.6. The summed E-state index contributed by atoms with van der Waals surface area (Å²) in [4.78, 5) is 13.2. The van der Waals surface area contributed by atoms with Gasteiger partial charge in [-0.3, -0.25) is 4.79 Å². The lowest BCUT2D eigenvalue weighted by Crippen LogP contribution is -2.47. The highest BCUT2D eigenvalue weighted by Crippen LogP contribution is 2.43. The van der Waals surface area contributed by atoms with Crippen LogP contribution in [0.15, 0.2) is 42.5 Å². The van der Waals surface area contributed by atoms with E-state index in [-0.39, 0.29) is 29.2 Å². The van der Waals surface area contributed by atoms with E-state index in [2.05, 4.69) is 19.2 Å². The summed E-state index contributed by atoms with van der Waals surface area (Å²) in [5.74, 6) is 0.307. The maximum Gasteiger partial charge on any atom is 0.223 e. The molecule has 0 spiro atoms. The van der Waals surface area contributed by atoms with Crippen molar-refractivity contribution in [1.82, 2.24) is 9.62 Å². The van der Waals surface area contributed by atoms with Gasteiger partial charge in [-0.2, -0.15) is 0 Å². The standard InChI is InChI=1S/C26H32Cl2N2O4S/c1-3-26(4-2)16-23(19-8-5-6-11-24(19)34-26)29-25(31)18-12-14-30(15-13-18)35(32,33)17-20-21(27)9-7-10-22(20)28/h5-11,18,23H,3-4,12-17H2,1-2H3,(H,29,31)/t23-/m1/s1. The van der Waals surface area contributed by atoms with Crippen molar-refractivity contribution in [3.05, 3.63) is 63.6 Å². The second-order valence-corrected chi connectivity index (χ2v) is 12.2. The average Bonchev–Trinajstić information content (AvgIpc) is 2.86. The van der Waals surface area contributed by atoms with E-state index in [0.29, 0.717) is 48.0 Å². The van der Waals surface area contributed by atoms with Crippen molar-refractivity contribution < 1.29 is 17.9 Å². The Labute approximate surface area is 218 Å². The van der Waals surface area contributed by atoms with Crippen molar-refractivity contribution >= 4 is 39.1 Å². The number of nitrogens with zero attached hydrogens (tertiary/aromatic N) is 1. The maximum absolute atomic E-state index is 13.2. The van der Waals surface area contributed by atoms with Gasteiger partial charge in [-0.15, -0.1) is 0 Å². The highest BCUT2D eigenvalue weighted by atomic mass is 35.5. The first kappa shape index (κ1) is 26.3. The van der Waals surface area contributed by atoms with Crippen molar-refractivity contribution in [2.75, 3.05) is 13.1 Å². The van der Waals surface area contributed by atoms with Crippen LogP contribution in [-0.2, 0) is 20.6 Å². The van der Waals surface area contributed by atoms with E-state index in [9.17, 15) is 13.2 Å². The van der Waals surface area contributed by atoms with Gasteiger partial charge in [0.2, 0.25) is 15.9 Å². The fraction of sp³-hybridized carbons (Fsp3) is 0.500. The van der Waals surface area contributed by atoms with Gasteiger partial charge >= 0.3 is 0 Å². The highest BCUT2D eigenvalue weighted by molar-refractivity contribution is 7.88. The fourth-order valence-electron chi connectivity index (χ4n) is 5.06. The van der Waals surface area contributed by atoms with Gasteiger partial charge in [-0.05, 0) is 43.9 Å². The third-order valence-electron chi connectivity index (χ3n) is 7.41. The molecular weight excluding hydrogens is 507 g/mol. The molecule has 190 valence electrons. The summed E-state index contributed by atoms with van der Waals surface area (Å²) in [5, 5.41) is 3.93. The lowest BCUT2D eigenvalue weighted by atomic mass is 9.83. The zero-order valence-electron chi connectivity index (χ0n) is 20.1. The van der Waals surface area contributed by atoms with Crippen molar-refractivity contribution in [2.24, 2.45) is 5.92 Å². The predicted octanol–water partition coefficient (Wildman–Crippen LogP) is 5.73. The van der Waals surface area contributed by atoms with Crippen LogP contribution in [0.4, 0.5) is 0 Å². The molecule has 2 aliphatic rings. The summed E-state index contributed by atoms with van der Waals surface area (Å²) in [5.41, 5.74) is 1.10. The lowest BCUT2D eigenvalue weighted by molar-refractivity contribution is -0.127. The summed E-state index contributed by atoms with van der Waals surface area (Å²) in [7, 11) is -3.60. The molecule has 2 aromatic carbocycles. The third-order valence-corrected chi connectivity index (χ3v) is 9.92. The number of ether oxygens (including phenoxy) is 1. The van der Waals surface area contributed by atoms with Gasteiger partial charge in [0.05, 0.1) is 11.8 Å². The number of sulfonamides is 1. The first-order chi connectivity index (χ1) is 16.7. The van der Waals surface area contributed by atoms with Gasteiger partial charge < -0.3 is 10.1 Å². The molecule has 1 fully saturated rings. The number of rotatable bonds is 7. The molecule has 0 bridgehead atoms. The summed E-state index contributed by atoms with van der Waals surface area (Å²) < 4.78 is 33.8. The largest absolute Gasteiger partial charge is 0.487 e. The first-order valence-electron chi connectivity index (χ1n) is 12.2. The number of carbonyl (C=O) groups excluding carboxylic acids is 1. The molecule has 2 aliphatic heterocycles. The molecule has 9 heteroatoms. The number of halogens is 2. The molecular formula is C26H32Cl2N2O4S. The molecule has 35 heavy (non-hydrogen) atoms. The molecule has 2 heterocycles. The van der Waals surface area contributed by atoms with E-state index in [1.807, 2.05) is 24.3 Å². The van der Waals surface area contributed by atoms with Crippen LogP contribution in [-0.4, -0.2) is 37.3 Å². The number of piperidine rings is 1. The molecule has 1 saturated heterocycles. The van der Waals surface area contributed by atoms with Gasteiger partial charge in [0.15, 0.2) is 0 Å². The van der Waals surface area contributed by atoms with E-state index in [1.54, 1.807) is 18.2 Å². The zero-order valence-corrected chi connectivity index (χ0v) is 22.4. The molecule has 0 aromatic heterocycles. The lowest BCUT2D eigenvalue weighted by Gasteiger charge is -2.42. The summed E-state index contributed by atoms with van der Waals surface area (Å²) >= 11 is 12.4. The van der Waals surface area contributed by atoms with Crippen molar-refractivity contribution in [3.63, 3.8) is 0 Å². The summed E-state index contributed by atoms with van der Waals surface area (Å²) in [6, 6.07) is 12.7. The Morgan fingerprint density at radius 2 is 1.69 bits per heavy atom. The van der Waals surface area contributed by atoms with E-state index >= 15 is 0 Å². The number of fused-ring (bicyclic) bond motifs is 1. The van der Waals surface area contributed by atoms with Crippen LogP contribution >= 0.6 is 23.2 Å². The van der Waals surface area contributed by atoms with Crippen LogP contribution in [0.3, 0.4) is 0 Å². The number of hydrogen-bond donors (Lipinski definition) is 1. The van der Waals surface area contributed by atoms with Crippen LogP contribution in [0.1, 0.15) is 63.1 Å². The molecule has 2 aromatic rings. The van der Waals surface area contributed by atoms with Crippen molar-refractivity contribution in [3.8, 4) is 5.75 Å². The fourth-order valence-corrected chi connectivity index (χ4v) is 7.37. The van der Waals surface area contributed by atoms with E-state index < -0.39 is 10.0 Å². The van der Waals surface area contributed by atoms with Crippen LogP contribution in [0.5, 0.6) is 5.75 Å². The molecule has 0 saturated carbocycles. The number of hydrogen-bond acceptors (Lipinski definition) is 4. The number of benzene rings is 2. The third kappa shape index (κ3) is 5.63. The van der Waals surface area contributed by atoms with Crippen molar-refractivity contribution in [1.29, 1.82) is 0 Å². The zero-order chi connectivity index (χ0) is 25.2. The molecule has 4 rings (SSSR count). The Balaban J connectivity index is 1.40.